The number of aliphatic hydroxyl groups is 1. The first kappa shape index (κ1) is 13.0. The smallest absolute Gasteiger partial charge is 0.0587 e. The normalized spacial score (nSPS) is 13.1. The Hall–Kier alpha value is -1.45. The van der Waals surface area contributed by atoms with E-state index in [-0.39, 0.29) is 12.6 Å². The zero-order chi connectivity index (χ0) is 13.0. The molecule has 1 aromatic carbocycles. The van der Waals surface area contributed by atoms with Crippen LogP contribution in [-0.4, -0.2) is 22.7 Å². The van der Waals surface area contributed by atoms with Gasteiger partial charge in [0.2, 0.25) is 0 Å². The molecule has 1 atom stereocenters. The topological polar surface area (TPSA) is 45.1 Å². The van der Waals surface area contributed by atoms with Gasteiger partial charge in [-0.05, 0) is 16.9 Å². The number of rotatable bonds is 5. The van der Waals surface area contributed by atoms with Crippen molar-refractivity contribution in [2.24, 2.45) is 5.92 Å². The molecular weight excluding hydrogens is 224 g/mol. The summed E-state index contributed by atoms with van der Waals surface area (Å²) in [6.07, 6.45) is 3.77. The molecule has 0 unspecified atom stereocenters. The number of fused-ring (bicyclic) bond motifs is 1. The number of benzene rings is 1. The van der Waals surface area contributed by atoms with Crippen molar-refractivity contribution < 1.29 is 5.11 Å². The first-order valence-electron chi connectivity index (χ1n) is 6.38. The third-order valence-electron chi connectivity index (χ3n) is 3.31. The van der Waals surface area contributed by atoms with E-state index in [4.69, 9.17) is 0 Å². The molecule has 0 aliphatic carbocycles. The lowest BCUT2D eigenvalue weighted by molar-refractivity contribution is 0.210. The molecule has 0 saturated carbocycles. The Morgan fingerprint density at radius 1 is 1.22 bits per heavy atom. The SMILES string of the molecule is CC(C)[C@@H](CO)NCc1cncc2ccccc12. The van der Waals surface area contributed by atoms with Crippen LogP contribution in [0.2, 0.25) is 0 Å². The maximum absolute atomic E-state index is 9.31. The maximum atomic E-state index is 9.31. The van der Waals surface area contributed by atoms with Crippen LogP contribution in [0, 0.1) is 5.92 Å². The van der Waals surface area contributed by atoms with Crippen LogP contribution in [-0.2, 0) is 6.54 Å². The first-order chi connectivity index (χ1) is 8.72. The minimum atomic E-state index is 0.129. The Bertz CT molecular complexity index is 505. The fraction of sp³-hybridized carbons (Fsp3) is 0.400. The number of hydrogen-bond acceptors (Lipinski definition) is 3. The fourth-order valence-corrected chi connectivity index (χ4v) is 2.07. The molecule has 1 aromatic heterocycles. The van der Waals surface area contributed by atoms with E-state index >= 15 is 0 Å². The van der Waals surface area contributed by atoms with Crippen molar-refractivity contribution in [1.82, 2.24) is 10.3 Å². The Labute approximate surface area is 108 Å². The van der Waals surface area contributed by atoms with Crippen LogP contribution in [0.25, 0.3) is 10.8 Å². The standard InChI is InChI=1S/C15H20N2O/c1-11(2)15(10-18)17-9-13-8-16-7-12-5-3-4-6-14(12)13/h3-8,11,15,17-18H,9-10H2,1-2H3/t15-/m1/s1. The quantitative estimate of drug-likeness (QED) is 0.848. The predicted molar refractivity (Wildman–Crippen MR) is 74.3 cm³/mol. The second kappa shape index (κ2) is 5.94. The molecule has 2 rings (SSSR count). The van der Waals surface area contributed by atoms with Crippen LogP contribution < -0.4 is 5.32 Å². The summed E-state index contributed by atoms with van der Waals surface area (Å²) in [6, 6.07) is 8.36. The molecule has 0 aliphatic rings. The monoisotopic (exact) mass is 244 g/mol. The summed E-state index contributed by atoms with van der Waals surface area (Å²) in [5.74, 6) is 0.415. The van der Waals surface area contributed by atoms with Gasteiger partial charge in [0, 0.05) is 30.4 Å². The molecule has 1 heterocycles. The lowest BCUT2D eigenvalue weighted by atomic mass is 10.0. The van der Waals surface area contributed by atoms with Gasteiger partial charge < -0.3 is 10.4 Å². The van der Waals surface area contributed by atoms with Crippen molar-refractivity contribution in [2.45, 2.75) is 26.4 Å². The number of nitrogens with one attached hydrogen (secondary N) is 1. The van der Waals surface area contributed by atoms with E-state index in [0.717, 1.165) is 11.9 Å². The van der Waals surface area contributed by atoms with Gasteiger partial charge in [0.25, 0.3) is 0 Å². The van der Waals surface area contributed by atoms with Gasteiger partial charge in [-0.25, -0.2) is 0 Å². The number of hydrogen-bond donors (Lipinski definition) is 2. The van der Waals surface area contributed by atoms with Gasteiger partial charge in [0.15, 0.2) is 0 Å². The molecular formula is C15H20N2O. The fourth-order valence-electron chi connectivity index (χ4n) is 2.07. The van der Waals surface area contributed by atoms with E-state index in [1.807, 2.05) is 24.5 Å². The molecule has 3 heteroatoms. The Balaban J connectivity index is 2.17. The zero-order valence-electron chi connectivity index (χ0n) is 10.9. The van der Waals surface area contributed by atoms with Crippen LogP contribution in [0.15, 0.2) is 36.7 Å². The third kappa shape index (κ3) is 2.86. The second-order valence-corrected chi connectivity index (χ2v) is 4.93. The van der Waals surface area contributed by atoms with Crippen LogP contribution in [0.5, 0.6) is 0 Å². The number of pyridine rings is 1. The lowest BCUT2D eigenvalue weighted by Gasteiger charge is -2.20. The minimum absolute atomic E-state index is 0.129. The molecule has 0 aliphatic heterocycles. The van der Waals surface area contributed by atoms with E-state index in [2.05, 4.69) is 36.3 Å². The van der Waals surface area contributed by atoms with Gasteiger partial charge in [-0.1, -0.05) is 38.1 Å². The predicted octanol–water partition coefficient (Wildman–Crippen LogP) is 2.34. The highest BCUT2D eigenvalue weighted by Crippen LogP contribution is 2.17. The molecule has 0 saturated heterocycles. The Morgan fingerprint density at radius 2 is 2.00 bits per heavy atom. The third-order valence-corrected chi connectivity index (χ3v) is 3.31. The molecule has 0 amide bonds. The molecule has 0 bridgehead atoms. The van der Waals surface area contributed by atoms with Crippen molar-refractivity contribution in [3.63, 3.8) is 0 Å². The van der Waals surface area contributed by atoms with Crippen molar-refractivity contribution in [1.29, 1.82) is 0 Å². The van der Waals surface area contributed by atoms with E-state index < -0.39 is 0 Å². The number of aromatic nitrogens is 1. The molecule has 96 valence electrons. The van der Waals surface area contributed by atoms with E-state index in [9.17, 15) is 5.11 Å². The van der Waals surface area contributed by atoms with E-state index in [0.29, 0.717) is 5.92 Å². The van der Waals surface area contributed by atoms with Gasteiger partial charge in [-0.2, -0.15) is 0 Å². The Kier molecular flexibility index (Phi) is 4.28. The van der Waals surface area contributed by atoms with Gasteiger partial charge in [-0.15, -0.1) is 0 Å². The molecule has 18 heavy (non-hydrogen) atoms. The highest BCUT2D eigenvalue weighted by molar-refractivity contribution is 5.84. The lowest BCUT2D eigenvalue weighted by Crippen LogP contribution is -2.36. The van der Waals surface area contributed by atoms with Crippen LogP contribution in [0.1, 0.15) is 19.4 Å². The number of nitrogens with zero attached hydrogens (tertiary/aromatic N) is 1. The van der Waals surface area contributed by atoms with Crippen molar-refractivity contribution in [3.05, 3.63) is 42.2 Å². The van der Waals surface area contributed by atoms with Crippen LogP contribution in [0.4, 0.5) is 0 Å². The summed E-state index contributed by atoms with van der Waals surface area (Å²) in [5.41, 5.74) is 1.17. The zero-order valence-corrected chi connectivity index (χ0v) is 10.9. The first-order valence-corrected chi connectivity index (χ1v) is 6.38. The van der Waals surface area contributed by atoms with Gasteiger partial charge >= 0.3 is 0 Å². The summed E-state index contributed by atoms with van der Waals surface area (Å²) in [5, 5.41) is 15.1. The average molecular weight is 244 g/mol. The van der Waals surface area contributed by atoms with Crippen LogP contribution >= 0.6 is 0 Å². The molecule has 0 radical (unpaired) electrons. The highest BCUT2D eigenvalue weighted by atomic mass is 16.3. The summed E-state index contributed by atoms with van der Waals surface area (Å²) in [6.45, 7) is 5.11. The van der Waals surface area contributed by atoms with Crippen molar-refractivity contribution in [2.75, 3.05) is 6.61 Å². The van der Waals surface area contributed by atoms with Gasteiger partial charge in [0.1, 0.15) is 0 Å². The molecule has 3 nitrogen and oxygen atoms in total. The Morgan fingerprint density at radius 3 is 2.72 bits per heavy atom. The van der Waals surface area contributed by atoms with Crippen molar-refractivity contribution in [3.8, 4) is 0 Å². The van der Waals surface area contributed by atoms with Crippen LogP contribution in [0.3, 0.4) is 0 Å². The number of aliphatic hydroxyl groups excluding tert-OH is 1. The maximum Gasteiger partial charge on any atom is 0.0587 e. The second-order valence-electron chi connectivity index (χ2n) is 4.93. The molecule has 2 aromatic rings. The largest absolute Gasteiger partial charge is 0.395 e. The van der Waals surface area contributed by atoms with E-state index in [1.165, 1.54) is 10.9 Å². The highest BCUT2D eigenvalue weighted by Gasteiger charge is 2.11. The van der Waals surface area contributed by atoms with E-state index in [1.54, 1.807) is 0 Å². The summed E-state index contributed by atoms with van der Waals surface area (Å²) in [4.78, 5) is 4.26. The summed E-state index contributed by atoms with van der Waals surface area (Å²) in [7, 11) is 0. The van der Waals surface area contributed by atoms with Gasteiger partial charge in [0.05, 0.1) is 6.61 Å². The summed E-state index contributed by atoms with van der Waals surface area (Å²) < 4.78 is 0. The summed E-state index contributed by atoms with van der Waals surface area (Å²) >= 11 is 0. The average Bonchev–Trinajstić information content (AvgIpc) is 2.39. The van der Waals surface area contributed by atoms with Gasteiger partial charge in [-0.3, -0.25) is 4.98 Å². The molecule has 0 fully saturated rings. The molecule has 2 N–H and O–H groups in total. The minimum Gasteiger partial charge on any atom is -0.395 e. The van der Waals surface area contributed by atoms with Crippen molar-refractivity contribution >= 4 is 10.8 Å². The molecule has 0 spiro atoms.